The van der Waals surface area contributed by atoms with Crippen LogP contribution in [0.15, 0.2) is 16.7 Å². The highest BCUT2D eigenvalue weighted by Crippen LogP contribution is 2.35. The molecule has 0 aliphatic rings. The second-order valence-corrected chi connectivity index (χ2v) is 6.15. The van der Waals surface area contributed by atoms with Gasteiger partial charge in [0.15, 0.2) is 0 Å². The fourth-order valence-electron chi connectivity index (χ4n) is 1.58. The predicted molar refractivity (Wildman–Crippen MR) is 76.9 cm³/mol. The first-order chi connectivity index (χ1) is 8.13. The van der Waals surface area contributed by atoms with Gasteiger partial charge in [0.2, 0.25) is 0 Å². The van der Waals surface area contributed by atoms with Crippen LogP contribution >= 0.6 is 38.9 Å². The summed E-state index contributed by atoms with van der Waals surface area (Å²) in [6, 6.07) is 3.90. The number of halogens is 2. The van der Waals surface area contributed by atoms with E-state index in [1.54, 1.807) is 11.3 Å². The maximum atomic E-state index is 5.95. The van der Waals surface area contributed by atoms with Gasteiger partial charge in [-0.05, 0) is 35.1 Å². The molecule has 0 aromatic carbocycles. The van der Waals surface area contributed by atoms with Crippen molar-refractivity contribution in [2.24, 2.45) is 7.05 Å². The first-order valence-electron chi connectivity index (χ1n) is 5.25. The smallest absolute Gasteiger partial charge is 0.113 e. The Morgan fingerprint density at radius 3 is 2.88 bits per heavy atom. The molecule has 0 saturated carbocycles. The van der Waals surface area contributed by atoms with Crippen LogP contribution < -0.4 is 5.32 Å². The third-order valence-corrected chi connectivity index (χ3v) is 4.67. The van der Waals surface area contributed by atoms with Crippen LogP contribution in [-0.2, 0) is 13.5 Å². The number of nitrogens with zero attached hydrogens (tertiary/aromatic N) is 2. The van der Waals surface area contributed by atoms with E-state index in [1.165, 1.54) is 0 Å². The van der Waals surface area contributed by atoms with Crippen molar-refractivity contribution in [3.63, 3.8) is 0 Å². The van der Waals surface area contributed by atoms with E-state index in [-0.39, 0.29) is 0 Å². The van der Waals surface area contributed by atoms with E-state index in [9.17, 15) is 0 Å². The molecule has 0 unspecified atom stereocenters. The van der Waals surface area contributed by atoms with E-state index in [0.717, 1.165) is 38.3 Å². The quantitative estimate of drug-likeness (QED) is 0.929. The molecule has 0 bridgehead atoms. The Morgan fingerprint density at radius 1 is 1.53 bits per heavy atom. The third kappa shape index (κ3) is 2.73. The molecule has 0 saturated heterocycles. The van der Waals surface area contributed by atoms with Crippen molar-refractivity contribution in [2.75, 3.05) is 13.6 Å². The van der Waals surface area contributed by atoms with E-state index in [4.69, 9.17) is 11.6 Å². The molecule has 6 heteroatoms. The summed E-state index contributed by atoms with van der Waals surface area (Å²) < 4.78 is 3.86. The van der Waals surface area contributed by atoms with Crippen LogP contribution in [0.2, 0.25) is 4.34 Å². The molecule has 17 heavy (non-hydrogen) atoms. The van der Waals surface area contributed by atoms with E-state index in [0.29, 0.717) is 0 Å². The Labute approximate surface area is 118 Å². The average molecular weight is 335 g/mol. The van der Waals surface area contributed by atoms with Crippen molar-refractivity contribution in [1.29, 1.82) is 0 Å². The summed E-state index contributed by atoms with van der Waals surface area (Å²) in [5.41, 5.74) is 0.968. The standard InChI is InChI=1S/C11H13BrClN3S/c1-14-6-5-9-15-10(11(12)16(9)2)7-3-4-8(13)17-7/h3-4,14H,5-6H2,1-2H3. The number of likely N-dealkylation sites (N-methyl/N-ethyl adjacent to an activating group) is 1. The van der Waals surface area contributed by atoms with Gasteiger partial charge in [-0.3, -0.25) is 0 Å². The second kappa shape index (κ2) is 5.52. The third-order valence-electron chi connectivity index (χ3n) is 2.52. The van der Waals surface area contributed by atoms with Crippen molar-refractivity contribution < 1.29 is 0 Å². The van der Waals surface area contributed by atoms with Crippen LogP contribution in [0, 0.1) is 0 Å². The summed E-state index contributed by atoms with van der Waals surface area (Å²) in [4.78, 5) is 5.75. The first-order valence-corrected chi connectivity index (χ1v) is 7.23. The van der Waals surface area contributed by atoms with Gasteiger partial charge >= 0.3 is 0 Å². The molecule has 0 spiro atoms. The Kier molecular flexibility index (Phi) is 4.25. The number of aromatic nitrogens is 2. The zero-order valence-electron chi connectivity index (χ0n) is 9.63. The summed E-state index contributed by atoms with van der Waals surface area (Å²) in [6.07, 6.45) is 0.907. The highest BCUT2D eigenvalue weighted by atomic mass is 79.9. The summed E-state index contributed by atoms with van der Waals surface area (Å²) in [6.45, 7) is 0.919. The lowest BCUT2D eigenvalue weighted by atomic mass is 10.4. The summed E-state index contributed by atoms with van der Waals surface area (Å²) in [5, 5.41) is 3.13. The van der Waals surface area contributed by atoms with Crippen LogP contribution in [0.4, 0.5) is 0 Å². The number of rotatable bonds is 4. The van der Waals surface area contributed by atoms with Gasteiger partial charge in [-0.1, -0.05) is 11.6 Å². The predicted octanol–water partition coefficient (Wildman–Crippen LogP) is 3.33. The van der Waals surface area contributed by atoms with Gasteiger partial charge in [0.05, 0.1) is 9.21 Å². The van der Waals surface area contributed by atoms with Gasteiger partial charge in [0, 0.05) is 20.0 Å². The van der Waals surface area contributed by atoms with Crippen molar-refractivity contribution in [2.45, 2.75) is 6.42 Å². The molecular weight excluding hydrogens is 322 g/mol. The molecule has 2 aromatic rings. The lowest BCUT2D eigenvalue weighted by molar-refractivity contribution is 0.713. The topological polar surface area (TPSA) is 29.9 Å². The number of thiophene rings is 1. The zero-order chi connectivity index (χ0) is 12.4. The SMILES string of the molecule is CNCCc1nc(-c2ccc(Cl)s2)c(Br)n1C. The first kappa shape index (κ1) is 13.1. The Hall–Kier alpha value is -0.360. The number of nitrogens with one attached hydrogen (secondary N) is 1. The van der Waals surface area contributed by atoms with Crippen molar-refractivity contribution >= 4 is 38.9 Å². The second-order valence-electron chi connectivity index (χ2n) is 3.68. The molecule has 0 aliphatic heterocycles. The Bertz CT molecular complexity index is 521. The van der Waals surface area contributed by atoms with Crippen LogP contribution in [0.5, 0.6) is 0 Å². The fraction of sp³-hybridized carbons (Fsp3) is 0.364. The minimum atomic E-state index is 0.786. The maximum Gasteiger partial charge on any atom is 0.113 e. The lowest BCUT2D eigenvalue weighted by Gasteiger charge is -2.00. The molecule has 92 valence electrons. The minimum absolute atomic E-state index is 0.786. The fourth-order valence-corrected chi connectivity index (χ4v) is 3.25. The number of imidazole rings is 1. The summed E-state index contributed by atoms with van der Waals surface area (Å²) in [7, 11) is 3.96. The Morgan fingerprint density at radius 2 is 2.29 bits per heavy atom. The van der Waals surface area contributed by atoms with E-state index in [2.05, 4.69) is 30.8 Å². The van der Waals surface area contributed by atoms with Crippen LogP contribution in [0.1, 0.15) is 5.82 Å². The molecule has 0 atom stereocenters. The molecule has 0 fully saturated rings. The molecule has 1 N–H and O–H groups in total. The average Bonchev–Trinajstić information content (AvgIpc) is 2.84. The molecule has 3 nitrogen and oxygen atoms in total. The molecule has 2 aromatic heterocycles. The van der Waals surface area contributed by atoms with Gasteiger partial charge < -0.3 is 9.88 Å². The van der Waals surface area contributed by atoms with Gasteiger partial charge in [-0.25, -0.2) is 4.98 Å². The van der Waals surface area contributed by atoms with Gasteiger partial charge in [0.25, 0.3) is 0 Å². The van der Waals surface area contributed by atoms with Crippen LogP contribution in [-0.4, -0.2) is 23.1 Å². The normalized spacial score (nSPS) is 11.1. The monoisotopic (exact) mass is 333 g/mol. The largest absolute Gasteiger partial charge is 0.325 e. The summed E-state index contributed by atoms with van der Waals surface area (Å²) >= 11 is 11.1. The lowest BCUT2D eigenvalue weighted by Crippen LogP contribution is -2.13. The Balaban J connectivity index is 2.35. The highest BCUT2D eigenvalue weighted by molar-refractivity contribution is 9.10. The minimum Gasteiger partial charge on any atom is -0.325 e. The molecule has 0 amide bonds. The molecule has 0 radical (unpaired) electrons. The van der Waals surface area contributed by atoms with E-state index >= 15 is 0 Å². The number of hydrogen-bond acceptors (Lipinski definition) is 3. The molecule has 0 aliphatic carbocycles. The van der Waals surface area contributed by atoms with E-state index < -0.39 is 0 Å². The molecule has 2 heterocycles. The maximum absolute atomic E-state index is 5.95. The van der Waals surface area contributed by atoms with Crippen molar-refractivity contribution in [3.8, 4) is 10.6 Å². The number of hydrogen-bond donors (Lipinski definition) is 1. The van der Waals surface area contributed by atoms with Gasteiger partial charge in [0.1, 0.15) is 16.1 Å². The zero-order valence-corrected chi connectivity index (χ0v) is 12.8. The van der Waals surface area contributed by atoms with Crippen molar-refractivity contribution in [3.05, 3.63) is 26.9 Å². The van der Waals surface area contributed by atoms with Crippen molar-refractivity contribution in [1.82, 2.24) is 14.9 Å². The molecular formula is C11H13BrClN3S. The van der Waals surface area contributed by atoms with E-state index in [1.807, 2.05) is 26.2 Å². The van der Waals surface area contributed by atoms with Gasteiger partial charge in [-0.15, -0.1) is 11.3 Å². The van der Waals surface area contributed by atoms with Gasteiger partial charge in [-0.2, -0.15) is 0 Å². The van der Waals surface area contributed by atoms with Crippen LogP contribution in [0.3, 0.4) is 0 Å². The van der Waals surface area contributed by atoms with Crippen LogP contribution in [0.25, 0.3) is 10.6 Å². The highest BCUT2D eigenvalue weighted by Gasteiger charge is 2.15. The summed E-state index contributed by atoms with van der Waals surface area (Å²) in [5.74, 6) is 1.06. The molecule has 2 rings (SSSR count).